The van der Waals surface area contributed by atoms with Crippen molar-refractivity contribution in [2.24, 2.45) is 0 Å². The summed E-state index contributed by atoms with van der Waals surface area (Å²) in [4.78, 5) is 14.5. The van der Waals surface area contributed by atoms with Crippen LogP contribution in [-0.2, 0) is 17.8 Å². The molecule has 1 aliphatic rings. The topological polar surface area (TPSA) is 65.8 Å². The minimum atomic E-state index is -0.254. The summed E-state index contributed by atoms with van der Waals surface area (Å²) in [7, 11) is 3.35. The first-order valence-electron chi connectivity index (χ1n) is 13.5. The molecule has 0 saturated carbocycles. The van der Waals surface area contributed by atoms with Gasteiger partial charge in [-0.25, -0.2) is 9.48 Å². The number of piperidine rings is 1. The maximum absolute atomic E-state index is 12.7. The maximum Gasteiger partial charge on any atom is 0.410 e. The summed E-state index contributed by atoms with van der Waals surface area (Å²) < 4.78 is 18.4. The molecule has 1 fully saturated rings. The molecule has 1 amide bonds. The first-order chi connectivity index (χ1) is 19.1. The van der Waals surface area contributed by atoms with Crippen LogP contribution in [0.3, 0.4) is 0 Å². The van der Waals surface area contributed by atoms with Crippen LogP contribution in [-0.4, -0.2) is 48.1 Å². The van der Waals surface area contributed by atoms with E-state index >= 15 is 0 Å². The molecule has 7 nitrogen and oxygen atoms in total. The van der Waals surface area contributed by atoms with Crippen LogP contribution < -0.4 is 9.47 Å². The summed E-state index contributed by atoms with van der Waals surface area (Å²) in [6.07, 6.45) is 2.28. The van der Waals surface area contributed by atoms with Crippen molar-refractivity contribution in [1.29, 1.82) is 0 Å². The van der Waals surface area contributed by atoms with E-state index in [1.807, 2.05) is 71.6 Å². The van der Waals surface area contributed by atoms with Gasteiger partial charge in [0.1, 0.15) is 18.1 Å². The molecule has 0 radical (unpaired) electrons. The van der Waals surface area contributed by atoms with Gasteiger partial charge in [0, 0.05) is 30.1 Å². The fraction of sp³-hybridized carbons (Fsp3) is 0.312. The van der Waals surface area contributed by atoms with Gasteiger partial charge in [-0.05, 0) is 73.4 Å². The van der Waals surface area contributed by atoms with Gasteiger partial charge in [0.05, 0.1) is 31.3 Å². The number of methoxy groups -OCH3 is 2. The highest BCUT2D eigenvalue weighted by Gasteiger charge is 2.30. The second kappa shape index (κ2) is 12.1. The van der Waals surface area contributed by atoms with Gasteiger partial charge < -0.3 is 19.1 Å². The molecule has 0 spiro atoms. The van der Waals surface area contributed by atoms with Crippen molar-refractivity contribution in [3.8, 4) is 28.4 Å². The standard InChI is InChI=1S/C32H35N3O4/c1-4-29-30(24-18-20-34(21-19-24)32(36)39-22-23-8-6-5-7-9-23)33-35(26-12-16-28(38-3)17-13-26)31(29)25-10-14-27(37-2)15-11-25/h5-17,24H,4,18-22H2,1-3H3. The lowest BCUT2D eigenvalue weighted by molar-refractivity contribution is 0.0868. The Bertz CT molecular complexity index is 1370. The molecule has 1 aliphatic heterocycles. The number of carbonyl (C=O) groups excluding carboxylic acids is 1. The second-order valence-electron chi connectivity index (χ2n) is 9.71. The van der Waals surface area contributed by atoms with Crippen molar-refractivity contribution in [1.82, 2.24) is 14.7 Å². The van der Waals surface area contributed by atoms with Crippen molar-refractivity contribution in [3.63, 3.8) is 0 Å². The monoisotopic (exact) mass is 525 g/mol. The average Bonchev–Trinajstić information content (AvgIpc) is 3.40. The van der Waals surface area contributed by atoms with Crippen molar-refractivity contribution in [3.05, 3.63) is 95.7 Å². The minimum Gasteiger partial charge on any atom is -0.497 e. The van der Waals surface area contributed by atoms with E-state index in [0.29, 0.717) is 13.1 Å². The maximum atomic E-state index is 12.7. The van der Waals surface area contributed by atoms with Crippen LogP contribution in [0.5, 0.6) is 11.5 Å². The summed E-state index contributed by atoms with van der Waals surface area (Å²) in [5.74, 6) is 1.88. The molecule has 1 saturated heterocycles. The Kier molecular flexibility index (Phi) is 8.16. The fourth-order valence-electron chi connectivity index (χ4n) is 5.25. The second-order valence-corrected chi connectivity index (χ2v) is 9.71. The predicted molar refractivity (Wildman–Crippen MR) is 152 cm³/mol. The molecule has 39 heavy (non-hydrogen) atoms. The molecule has 202 valence electrons. The molecule has 0 N–H and O–H groups in total. The molecule has 0 aliphatic carbocycles. The van der Waals surface area contributed by atoms with Crippen molar-refractivity contribution in [2.45, 2.75) is 38.7 Å². The lowest BCUT2D eigenvalue weighted by Crippen LogP contribution is -2.38. The SMILES string of the molecule is CCc1c(C2CCN(C(=O)OCc3ccccc3)CC2)nn(-c2ccc(OC)cc2)c1-c1ccc(OC)cc1. The van der Waals surface area contributed by atoms with Gasteiger partial charge in [-0.3, -0.25) is 0 Å². The van der Waals surface area contributed by atoms with E-state index < -0.39 is 0 Å². The number of carbonyl (C=O) groups is 1. The van der Waals surface area contributed by atoms with Crippen LogP contribution in [0.2, 0.25) is 0 Å². The van der Waals surface area contributed by atoms with E-state index in [9.17, 15) is 4.79 Å². The van der Waals surface area contributed by atoms with Crippen molar-refractivity contribution < 1.29 is 19.0 Å². The highest BCUT2D eigenvalue weighted by molar-refractivity contribution is 5.69. The minimum absolute atomic E-state index is 0.254. The van der Waals surface area contributed by atoms with Crippen LogP contribution in [0.15, 0.2) is 78.9 Å². The van der Waals surface area contributed by atoms with Crippen LogP contribution in [0.25, 0.3) is 16.9 Å². The normalized spacial score (nSPS) is 13.8. The summed E-state index contributed by atoms with van der Waals surface area (Å²) >= 11 is 0. The third kappa shape index (κ3) is 5.77. The number of rotatable bonds is 8. The van der Waals surface area contributed by atoms with E-state index in [-0.39, 0.29) is 18.6 Å². The van der Waals surface area contributed by atoms with Crippen LogP contribution in [0.1, 0.15) is 42.5 Å². The quantitative estimate of drug-likeness (QED) is 0.258. The Morgan fingerprint density at radius 3 is 2.08 bits per heavy atom. The number of nitrogens with zero attached hydrogens (tertiary/aromatic N) is 3. The summed E-state index contributed by atoms with van der Waals surface area (Å²) in [6.45, 7) is 3.77. The number of benzene rings is 3. The summed E-state index contributed by atoms with van der Waals surface area (Å²) in [5.41, 5.74) is 6.49. The smallest absolute Gasteiger partial charge is 0.410 e. The van der Waals surface area contributed by atoms with Crippen LogP contribution >= 0.6 is 0 Å². The summed E-state index contributed by atoms with van der Waals surface area (Å²) in [6, 6.07) is 25.9. The molecule has 4 aromatic rings. The molecule has 1 aromatic heterocycles. The molecule has 0 unspecified atom stereocenters. The highest BCUT2D eigenvalue weighted by atomic mass is 16.6. The molecule has 5 rings (SSSR count). The highest BCUT2D eigenvalue weighted by Crippen LogP contribution is 2.37. The zero-order valence-corrected chi connectivity index (χ0v) is 22.8. The largest absolute Gasteiger partial charge is 0.497 e. The third-order valence-electron chi connectivity index (χ3n) is 7.39. The number of hydrogen-bond acceptors (Lipinski definition) is 5. The van der Waals surface area contributed by atoms with E-state index in [4.69, 9.17) is 19.3 Å². The molecular formula is C32H35N3O4. The van der Waals surface area contributed by atoms with E-state index in [2.05, 4.69) is 23.7 Å². The molecule has 2 heterocycles. The first-order valence-corrected chi connectivity index (χ1v) is 13.5. The van der Waals surface area contributed by atoms with E-state index in [0.717, 1.165) is 59.0 Å². The van der Waals surface area contributed by atoms with Gasteiger partial charge in [-0.2, -0.15) is 5.10 Å². The Balaban J connectivity index is 1.39. The van der Waals surface area contributed by atoms with Gasteiger partial charge in [-0.15, -0.1) is 0 Å². The molecule has 3 aromatic carbocycles. The summed E-state index contributed by atoms with van der Waals surface area (Å²) in [5, 5.41) is 5.21. The Labute approximate surface area is 229 Å². The van der Waals surface area contributed by atoms with Crippen molar-refractivity contribution >= 4 is 6.09 Å². The Morgan fingerprint density at radius 1 is 0.872 bits per heavy atom. The number of hydrogen-bond donors (Lipinski definition) is 0. The third-order valence-corrected chi connectivity index (χ3v) is 7.39. The number of ether oxygens (including phenoxy) is 3. The zero-order chi connectivity index (χ0) is 27.2. The molecule has 0 bridgehead atoms. The Hall–Kier alpha value is -4.26. The van der Waals surface area contributed by atoms with E-state index in [1.165, 1.54) is 5.56 Å². The molecular weight excluding hydrogens is 490 g/mol. The van der Waals surface area contributed by atoms with E-state index in [1.54, 1.807) is 14.2 Å². The lowest BCUT2D eigenvalue weighted by atomic mass is 9.89. The first kappa shape index (κ1) is 26.4. The fourth-order valence-corrected chi connectivity index (χ4v) is 5.25. The van der Waals surface area contributed by atoms with Crippen molar-refractivity contribution in [2.75, 3.05) is 27.3 Å². The van der Waals surface area contributed by atoms with Crippen LogP contribution in [0, 0.1) is 0 Å². The van der Waals surface area contributed by atoms with Gasteiger partial charge in [-0.1, -0.05) is 37.3 Å². The van der Waals surface area contributed by atoms with Gasteiger partial charge >= 0.3 is 6.09 Å². The molecule has 0 atom stereocenters. The number of aromatic nitrogens is 2. The zero-order valence-electron chi connectivity index (χ0n) is 22.8. The van der Waals surface area contributed by atoms with Gasteiger partial charge in [0.15, 0.2) is 0 Å². The predicted octanol–water partition coefficient (Wildman–Crippen LogP) is 6.64. The average molecular weight is 526 g/mol. The molecule has 7 heteroatoms. The van der Waals surface area contributed by atoms with Gasteiger partial charge in [0.2, 0.25) is 0 Å². The number of likely N-dealkylation sites (tertiary alicyclic amines) is 1. The van der Waals surface area contributed by atoms with Gasteiger partial charge in [0.25, 0.3) is 0 Å². The Morgan fingerprint density at radius 2 is 1.49 bits per heavy atom. The lowest BCUT2D eigenvalue weighted by Gasteiger charge is -2.31. The van der Waals surface area contributed by atoms with Crippen LogP contribution in [0.4, 0.5) is 4.79 Å². The number of amides is 1.